The highest BCUT2D eigenvalue weighted by Gasteiger charge is 2.17. The molecule has 0 amide bonds. The average molecular weight is 287 g/mol. The third kappa shape index (κ3) is 5.00. The zero-order chi connectivity index (χ0) is 15.1. The normalized spacial score (nSPS) is 18.1. The molecule has 114 valence electrons. The molecule has 1 fully saturated rings. The van der Waals surface area contributed by atoms with Crippen molar-refractivity contribution in [2.24, 2.45) is 5.92 Å². The van der Waals surface area contributed by atoms with E-state index in [0.717, 1.165) is 25.5 Å². The Balaban J connectivity index is 1.72. The Morgan fingerprint density at radius 2 is 2.00 bits per heavy atom. The van der Waals surface area contributed by atoms with Crippen molar-refractivity contribution in [3.63, 3.8) is 0 Å². The van der Waals surface area contributed by atoms with Crippen LogP contribution in [0.5, 0.6) is 0 Å². The summed E-state index contributed by atoms with van der Waals surface area (Å²) in [4.78, 5) is 9.27. The molecule has 1 aromatic rings. The van der Waals surface area contributed by atoms with Crippen molar-refractivity contribution in [3.05, 3.63) is 23.9 Å². The van der Waals surface area contributed by atoms with Gasteiger partial charge in [0.1, 0.15) is 17.6 Å². The van der Waals surface area contributed by atoms with Gasteiger partial charge in [-0.3, -0.25) is 0 Å². The summed E-state index contributed by atoms with van der Waals surface area (Å²) >= 11 is 0. The molecule has 21 heavy (non-hydrogen) atoms. The molecule has 2 heterocycles. The summed E-state index contributed by atoms with van der Waals surface area (Å²) in [5.74, 6) is 1.35. The molecule has 2 rings (SSSR count). The quantitative estimate of drug-likeness (QED) is 0.862. The second-order valence-corrected chi connectivity index (χ2v) is 5.74. The van der Waals surface area contributed by atoms with E-state index in [1.165, 1.54) is 26.2 Å². The number of hydrogen-bond acceptors (Lipinski definition) is 5. The second-order valence-electron chi connectivity index (χ2n) is 5.74. The van der Waals surface area contributed by atoms with Crippen LogP contribution in [-0.4, -0.2) is 60.6 Å². The number of nitriles is 1. The highest BCUT2D eigenvalue weighted by molar-refractivity contribution is 5.38. The molecule has 1 aromatic heterocycles. The minimum absolute atomic E-state index is 0.461. The molecular weight excluding hydrogens is 262 g/mol. The Labute approximate surface area is 127 Å². The van der Waals surface area contributed by atoms with Gasteiger partial charge in [0, 0.05) is 39.3 Å². The van der Waals surface area contributed by atoms with Gasteiger partial charge in [-0.05, 0) is 24.6 Å². The van der Waals surface area contributed by atoms with Crippen LogP contribution in [0.4, 0.5) is 5.82 Å². The van der Waals surface area contributed by atoms with Gasteiger partial charge in [0.25, 0.3) is 0 Å². The first kappa shape index (κ1) is 15.7. The Kier molecular flexibility index (Phi) is 5.97. The maximum Gasteiger partial charge on any atom is 0.142 e. The molecule has 1 atom stereocenters. The Morgan fingerprint density at radius 1 is 1.29 bits per heavy atom. The number of likely N-dealkylation sites (N-methyl/N-ethyl adjacent to an activating group) is 1. The fourth-order valence-electron chi connectivity index (χ4n) is 2.67. The Hall–Kier alpha value is -1.64. The minimum atomic E-state index is 0.461. The van der Waals surface area contributed by atoms with Crippen LogP contribution >= 0.6 is 0 Å². The zero-order valence-electron chi connectivity index (χ0n) is 13.0. The molecule has 1 aliphatic heterocycles. The van der Waals surface area contributed by atoms with Crippen molar-refractivity contribution in [2.75, 3.05) is 51.1 Å². The first-order valence-electron chi connectivity index (χ1n) is 7.77. The summed E-state index contributed by atoms with van der Waals surface area (Å²) < 4.78 is 0. The Morgan fingerprint density at radius 3 is 2.67 bits per heavy atom. The van der Waals surface area contributed by atoms with Gasteiger partial charge in [0.05, 0.1) is 0 Å². The van der Waals surface area contributed by atoms with E-state index in [1.54, 1.807) is 6.07 Å². The molecule has 1 aliphatic rings. The van der Waals surface area contributed by atoms with Crippen LogP contribution in [0, 0.1) is 17.2 Å². The second kappa shape index (κ2) is 7.96. The molecule has 1 N–H and O–H groups in total. The molecule has 1 saturated heterocycles. The van der Waals surface area contributed by atoms with Gasteiger partial charge in [0.2, 0.25) is 0 Å². The third-order valence-electron chi connectivity index (χ3n) is 3.98. The standard InChI is InChI=1S/C16H25N5/c1-3-20-7-9-21(10-8-20)13-14(2)12-18-16-6-4-5-15(11-17)19-16/h4-6,14H,3,7-10,12-13H2,1-2H3,(H,18,19). The summed E-state index contributed by atoms with van der Waals surface area (Å²) in [7, 11) is 0. The van der Waals surface area contributed by atoms with Crippen LogP contribution in [0.3, 0.4) is 0 Å². The van der Waals surface area contributed by atoms with E-state index in [0.29, 0.717) is 11.6 Å². The molecule has 0 bridgehead atoms. The molecule has 0 radical (unpaired) electrons. The first-order valence-corrected chi connectivity index (χ1v) is 7.77. The topological polar surface area (TPSA) is 55.2 Å². The lowest BCUT2D eigenvalue weighted by atomic mass is 10.1. The Bertz CT molecular complexity index is 474. The smallest absolute Gasteiger partial charge is 0.142 e. The van der Waals surface area contributed by atoms with Crippen molar-refractivity contribution >= 4 is 5.82 Å². The van der Waals surface area contributed by atoms with Crippen LogP contribution < -0.4 is 5.32 Å². The predicted octanol–water partition coefficient (Wildman–Crippen LogP) is 1.64. The summed E-state index contributed by atoms with van der Waals surface area (Å²) in [6.07, 6.45) is 0. The summed E-state index contributed by atoms with van der Waals surface area (Å²) in [5, 5.41) is 12.2. The van der Waals surface area contributed by atoms with Crippen molar-refractivity contribution in [3.8, 4) is 6.07 Å². The van der Waals surface area contributed by atoms with Crippen molar-refractivity contribution in [1.82, 2.24) is 14.8 Å². The summed E-state index contributed by atoms with van der Waals surface area (Å²) in [6, 6.07) is 7.56. The van der Waals surface area contributed by atoms with Crippen LogP contribution in [-0.2, 0) is 0 Å². The number of piperazine rings is 1. The number of hydrogen-bond donors (Lipinski definition) is 1. The fraction of sp³-hybridized carbons (Fsp3) is 0.625. The number of anilines is 1. The van der Waals surface area contributed by atoms with Crippen LogP contribution in [0.15, 0.2) is 18.2 Å². The molecule has 0 aromatic carbocycles. The zero-order valence-corrected chi connectivity index (χ0v) is 13.0. The van der Waals surface area contributed by atoms with Gasteiger partial charge < -0.3 is 15.1 Å². The number of aromatic nitrogens is 1. The average Bonchev–Trinajstić information content (AvgIpc) is 2.54. The lowest BCUT2D eigenvalue weighted by molar-refractivity contribution is 0.126. The van der Waals surface area contributed by atoms with E-state index in [1.807, 2.05) is 12.1 Å². The molecule has 1 unspecified atom stereocenters. The maximum absolute atomic E-state index is 8.85. The molecule has 5 heteroatoms. The third-order valence-corrected chi connectivity index (χ3v) is 3.98. The number of nitrogens with one attached hydrogen (secondary N) is 1. The number of rotatable bonds is 6. The molecule has 5 nitrogen and oxygen atoms in total. The minimum Gasteiger partial charge on any atom is -0.370 e. The van der Waals surface area contributed by atoms with E-state index in [4.69, 9.17) is 5.26 Å². The van der Waals surface area contributed by atoms with E-state index in [9.17, 15) is 0 Å². The highest BCUT2D eigenvalue weighted by atomic mass is 15.3. The van der Waals surface area contributed by atoms with Crippen LogP contribution in [0.25, 0.3) is 0 Å². The van der Waals surface area contributed by atoms with Gasteiger partial charge in [-0.1, -0.05) is 19.9 Å². The van der Waals surface area contributed by atoms with E-state index in [-0.39, 0.29) is 0 Å². The largest absolute Gasteiger partial charge is 0.370 e. The van der Waals surface area contributed by atoms with Crippen molar-refractivity contribution in [2.45, 2.75) is 13.8 Å². The molecule has 0 saturated carbocycles. The van der Waals surface area contributed by atoms with E-state index in [2.05, 4.69) is 40.0 Å². The lowest BCUT2D eigenvalue weighted by Gasteiger charge is -2.35. The van der Waals surface area contributed by atoms with E-state index >= 15 is 0 Å². The van der Waals surface area contributed by atoms with E-state index < -0.39 is 0 Å². The predicted molar refractivity (Wildman–Crippen MR) is 85.2 cm³/mol. The summed E-state index contributed by atoms with van der Waals surface area (Å²) in [6.45, 7) is 12.3. The van der Waals surface area contributed by atoms with Gasteiger partial charge in [-0.15, -0.1) is 0 Å². The van der Waals surface area contributed by atoms with Gasteiger partial charge in [-0.2, -0.15) is 5.26 Å². The summed E-state index contributed by atoms with van der Waals surface area (Å²) in [5.41, 5.74) is 0.461. The van der Waals surface area contributed by atoms with Gasteiger partial charge in [0.15, 0.2) is 0 Å². The monoisotopic (exact) mass is 287 g/mol. The SMILES string of the molecule is CCN1CCN(CC(C)CNc2cccc(C#N)n2)CC1. The lowest BCUT2D eigenvalue weighted by Crippen LogP contribution is -2.47. The maximum atomic E-state index is 8.85. The number of nitrogens with zero attached hydrogens (tertiary/aromatic N) is 4. The van der Waals surface area contributed by atoms with Crippen molar-refractivity contribution in [1.29, 1.82) is 5.26 Å². The highest BCUT2D eigenvalue weighted by Crippen LogP contribution is 2.08. The molecule has 0 aliphatic carbocycles. The van der Waals surface area contributed by atoms with Gasteiger partial charge >= 0.3 is 0 Å². The first-order chi connectivity index (χ1) is 10.2. The van der Waals surface area contributed by atoms with Crippen LogP contribution in [0.1, 0.15) is 19.5 Å². The molecular formula is C16H25N5. The fourth-order valence-corrected chi connectivity index (χ4v) is 2.67. The van der Waals surface area contributed by atoms with Gasteiger partial charge in [-0.25, -0.2) is 4.98 Å². The van der Waals surface area contributed by atoms with Crippen molar-refractivity contribution < 1.29 is 0 Å². The van der Waals surface area contributed by atoms with Crippen LogP contribution in [0.2, 0.25) is 0 Å². The number of pyridine rings is 1. The molecule has 0 spiro atoms.